The van der Waals surface area contributed by atoms with Gasteiger partial charge in [0.25, 0.3) is 5.91 Å². The molecule has 3 amide bonds. The predicted octanol–water partition coefficient (Wildman–Crippen LogP) is 5.51. The predicted molar refractivity (Wildman–Crippen MR) is 108 cm³/mol. The number of hydrogen-bond acceptors (Lipinski definition) is 3. The molecule has 0 aliphatic rings. The van der Waals surface area contributed by atoms with Gasteiger partial charge in [-0.1, -0.05) is 34.1 Å². The average Bonchev–Trinajstić information content (AvgIpc) is 2.62. The molecule has 3 aromatic rings. The van der Waals surface area contributed by atoms with Crippen LogP contribution in [-0.4, -0.2) is 16.9 Å². The highest BCUT2D eigenvalue weighted by molar-refractivity contribution is 9.10. The molecule has 28 heavy (non-hydrogen) atoms. The Balaban J connectivity index is 1.71. The number of nitrogens with zero attached hydrogens (tertiary/aromatic N) is 1. The van der Waals surface area contributed by atoms with Crippen LogP contribution in [0.5, 0.6) is 0 Å². The van der Waals surface area contributed by atoms with Crippen LogP contribution in [-0.2, 0) is 0 Å². The van der Waals surface area contributed by atoms with Gasteiger partial charge in [-0.15, -0.1) is 0 Å². The Labute approximate surface area is 175 Å². The largest absolute Gasteiger partial charge is 0.327 e. The molecule has 0 unspecified atom stereocenters. The number of nitrogens with one attached hydrogen (secondary N) is 2. The van der Waals surface area contributed by atoms with Crippen LogP contribution in [0.15, 0.2) is 63.7 Å². The van der Waals surface area contributed by atoms with Crippen molar-refractivity contribution in [2.75, 3.05) is 5.32 Å². The minimum atomic E-state index is -1.20. The van der Waals surface area contributed by atoms with Crippen LogP contribution in [0.2, 0.25) is 0 Å². The number of halogens is 4. The molecule has 2 aromatic carbocycles. The van der Waals surface area contributed by atoms with Gasteiger partial charge in [0.1, 0.15) is 27.6 Å². The van der Waals surface area contributed by atoms with Crippen LogP contribution in [0, 0.1) is 11.6 Å². The van der Waals surface area contributed by atoms with Gasteiger partial charge in [0, 0.05) is 10.0 Å². The molecule has 0 saturated carbocycles. The first kappa shape index (κ1) is 20.1. The van der Waals surface area contributed by atoms with Gasteiger partial charge in [-0.2, -0.15) is 0 Å². The highest BCUT2D eigenvalue weighted by atomic mass is 79.9. The van der Waals surface area contributed by atoms with Gasteiger partial charge < -0.3 is 0 Å². The molecule has 2 N–H and O–H groups in total. The summed E-state index contributed by atoms with van der Waals surface area (Å²) in [6.07, 6.45) is 0. The zero-order valence-electron chi connectivity index (χ0n) is 14.0. The third-order valence-corrected chi connectivity index (χ3v) is 4.80. The lowest BCUT2D eigenvalue weighted by Crippen LogP contribution is -2.35. The van der Waals surface area contributed by atoms with Crippen molar-refractivity contribution in [2.24, 2.45) is 0 Å². The number of imide groups is 1. The lowest BCUT2D eigenvalue weighted by atomic mass is 10.1. The van der Waals surface area contributed by atoms with Crippen LogP contribution in [0.3, 0.4) is 0 Å². The number of anilines is 1. The topological polar surface area (TPSA) is 71.1 Å². The summed E-state index contributed by atoms with van der Waals surface area (Å²) in [5.41, 5.74) is 0.865. The Bertz CT molecular complexity index is 1040. The van der Waals surface area contributed by atoms with Gasteiger partial charge in [0.2, 0.25) is 0 Å². The SMILES string of the molecule is O=C(NC(=O)c1c(F)cccc1F)Nc1ccc(-c2ccc(Br)cc2)c(Br)n1. The number of urea groups is 1. The Kier molecular flexibility index (Phi) is 6.15. The molecule has 0 spiro atoms. The quantitative estimate of drug-likeness (QED) is 0.456. The molecule has 142 valence electrons. The van der Waals surface area contributed by atoms with Crippen molar-refractivity contribution in [3.05, 3.63) is 80.9 Å². The second kappa shape index (κ2) is 8.57. The van der Waals surface area contributed by atoms with Crippen LogP contribution < -0.4 is 10.6 Å². The highest BCUT2D eigenvalue weighted by Crippen LogP contribution is 2.29. The van der Waals surface area contributed by atoms with Crippen LogP contribution in [0.4, 0.5) is 19.4 Å². The van der Waals surface area contributed by atoms with Gasteiger partial charge in [0.15, 0.2) is 0 Å². The fourth-order valence-electron chi connectivity index (χ4n) is 2.38. The second-order valence-corrected chi connectivity index (χ2v) is 7.21. The van der Waals surface area contributed by atoms with Crippen molar-refractivity contribution in [2.45, 2.75) is 0 Å². The molecular weight excluding hydrogens is 500 g/mol. The van der Waals surface area contributed by atoms with Crippen LogP contribution in [0.25, 0.3) is 11.1 Å². The first-order valence-corrected chi connectivity index (χ1v) is 9.42. The molecule has 0 aliphatic carbocycles. The van der Waals surface area contributed by atoms with E-state index in [9.17, 15) is 18.4 Å². The molecule has 5 nitrogen and oxygen atoms in total. The molecule has 1 aromatic heterocycles. The highest BCUT2D eigenvalue weighted by Gasteiger charge is 2.19. The Morgan fingerprint density at radius 3 is 2.14 bits per heavy atom. The Morgan fingerprint density at radius 2 is 1.54 bits per heavy atom. The van der Waals surface area contributed by atoms with Crippen molar-refractivity contribution >= 4 is 49.6 Å². The monoisotopic (exact) mass is 509 g/mol. The summed E-state index contributed by atoms with van der Waals surface area (Å²) in [6, 6.07) is 12.8. The lowest BCUT2D eigenvalue weighted by molar-refractivity contribution is 0.0959. The molecule has 0 atom stereocenters. The van der Waals surface area contributed by atoms with E-state index in [0.29, 0.717) is 4.60 Å². The van der Waals surface area contributed by atoms with Crippen molar-refractivity contribution < 1.29 is 18.4 Å². The summed E-state index contributed by atoms with van der Waals surface area (Å²) in [4.78, 5) is 28.1. The Hall–Kier alpha value is -2.65. The number of carbonyl (C=O) groups excluding carboxylic acids is 2. The fourth-order valence-corrected chi connectivity index (χ4v) is 3.19. The Morgan fingerprint density at radius 1 is 0.893 bits per heavy atom. The average molecular weight is 511 g/mol. The van der Waals surface area contributed by atoms with E-state index in [1.165, 1.54) is 6.07 Å². The maximum absolute atomic E-state index is 13.6. The summed E-state index contributed by atoms with van der Waals surface area (Å²) in [6.45, 7) is 0. The molecule has 1 heterocycles. The zero-order chi connectivity index (χ0) is 20.3. The smallest absolute Gasteiger partial charge is 0.292 e. The summed E-state index contributed by atoms with van der Waals surface area (Å²) in [5.74, 6) is -3.18. The van der Waals surface area contributed by atoms with Crippen molar-refractivity contribution in [1.82, 2.24) is 10.3 Å². The first-order chi connectivity index (χ1) is 13.3. The van der Waals surface area contributed by atoms with E-state index in [2.05, 4.69) is 42.2 Å². The maximum Gasteiger partial charge on any atom is 0.327 e. The van der Waals surface area contributed by atoms with Crippen molar-refractivity contribution in [1.29, 1.82) is 0 Å². The molecular formula is C19H11Br2F2N3O2. The van der Waals surface area contributed by atoms with E-state index >= 15 is 0 Å². The van der Waals surface area contributed by atoms with Gasteiger partial charge in [-0.3, -0.25) is 15.4 Å². The normalized spacial score (nSPS) is 10.4. The van der Waals surface area contributed by atoms with E-state index in [0.717, 1.165) is 33.8 Å². The first-order valence-electron chi connectivity index (χ1n) is 7.84. The van der Waals surface area contributed by atoms with E-state index in [4.69, 9.17) is 0 Å². The number of rotatable bonds is 3. The zero-order valence-corrected chi connectivity index (χ0v) is 17.1. The molecule has 0 fully saturated rings. The van der Waals surface area contributed by atoms with E-state index in [1.54, 1.807) is 6.07 Å². The van der Waals surface area contributed by atoms with Crippen molar-refractivity contribution in [3.63, 3.8) is 0 Å². The van der Waals surface area contributed by atoms with Crippen LogP contribution >= 0.6 is 31.9 Å². The number of hydrogen-bond donors (Lipinski definition) is 2. The van der Waals surface area contributed by atoms with Gasteiger partial charge in [-0.25, -0.2) is 18.6 Å². The molecule has 0 bridgehead atoms. The van der Waals surface area contributed by atoms with E-state index in [-0.39, 0.29) is 5.82 Å². The maximum atomic E-state index is 13.6. The summed E-state index contributed by atoms with van der Waals surface area (Å²) >= 11 is 6.70. The molecule has 0 saturated heterocycles. The number of carbonyl (C=O) groups is 2. The van der Waals surface area contributed by atoms with Crippen molar-refractivity contribution in [3.8, 4) is 11.1 Å². The van der Waals surface area contributed by atoms with Gasteiger partial charge >= 0.3 is 6.03 Å². The number of aromatic nitrogens is 1. The minimum Gasteiger partial charge on any atom is -0.292 e. The third kappa shape index (κ3) is 4.60. The molecule has 3 rings (SSSR count). The summed E-state index contributed by atoms with van der Waals surface area (Å²) in [5, 5.41) is 4.21. The summed E-state index contributed by atoms with van der Waals surface area (Å²) in [7, 11) is 0. The standard InChI is InChI=1S/C19H11Br2F2N3O2/c20-11-6-4-10(5-7-11)12-8-9-15(24-17(12)21)25-19(28)26-18(27)16-13(22)2-1-3-14(16)23/h1-9H,(H2,24,25,26,27,28). The van der Waals surface area contributed by atoms with E-state index < -0.39 is 29.1 Å². The van der Waals surface area contributed by atoms with Crippen LogP contribution in [0.1, 0.15) is 10.4 Å². The fraction of sp³-hybridized carbons (Fsp3) is 0. The minimum absolute atomic E-state index is 0.145. The second-order valence-electron chi connectivity index (χ2n) is 5.55. The van der Waals surface area contributed by atoms with Gasteiger partial charge in [0.05, 0.1) is 0 Å². The molecule has 0 radical (unpaired) electrons. The number of amides is 3. The summed E-state index contributed by atoms with van der Waals surface area (Å²) < 4.78 is 28.6. The number of benzene rings is 2. The molecule has 9 heteroatoms. The third-order valence-electron chi connectivity index (χ3n) is 3.66. The lowest BCUT2D eigenvalue weighted by Gasteiger charge is -2.10. The van der Waals surface area contributed by atoms with Gasteiger partial charge in [-0.05, 0) is 57.9 Å². The van der Waals surface area contributed by atoms with E-state index in [1.807, 2.05) is 29.6 Å². The molecule has 0 aliphatic heterocycles. The number of pyridine rings is 1.